The minimum Gasteiger partial charge on any atom is -0.490 e. The largest absolute Gasteiger partial charge is 0.490 e. The SMILES string of the molecule is Cc1cc(C(=O)N2CCCC(COc3ccccc3F)C2)c2cnn(C(C)C)c2n1. The first-order chi connectivity index (χ1) is 14.4. The van der Waals surface area contributed by atoms with E-state index in [2.05, 4.69) is 10.1 Å². The summed E-state index contributed by atoms with van der Waals surface area (Å²) in [6.07, 6.45) is 3.58. The fourth-order valence-electron chi connectivity index (χ4n) is 4.02. The van der Waals surface area contributed by atoms with Gasteiger partial charge in [0.15, 0.2) is 17.2 Å². The second-order valence-corrected chi connectivity index (χ2v) is 8.23. The fraction of sp³-hybridized carbons (Fsp3) is 0.435. The molecule has 1 aromatic carbocycles. The van der Waals surface area contributed by atoms with E-state index in [-0.39, 0.29) is 29.4 Å². The molecule has 2 aromatic heterocycles. The average molecular weight is 410 g/mol. The van der Waals surface area contributed by atoms with Crippen LogP contribution in [0.25, 0.3) is 11.0 Å². The summed E-state index contributed by atoms with van der Waals surface area (Å²) in [6, 6.07) is 8.42. The number of ether oxygens (including phenoxy) is 1. The lowest BCUT2D eigenvalue weighted by Gasteiger charge is -2.33. The number of hydrogen-bond acceptors (Lipinski definition) is 4. The van der Waals surface area contributed by atoms with Crippen molar-refractivity contribution < 1.29 is 13.9 Å². The van der Waals surface area contributed by atoms with Crippen LogP contribution < -0.4 is 4.74 Å². The minimum atomic E-state index is -0.363. The summed E-state index contributed by atoms with van der Waals surface area (Å²) >= 11 is 0. The third kappa shape index (κ3) is 4.01. The van der Waals surface area contributed by atoms with Gasteiger partial charge in [0.2, 0.25) is 0 Å². The van der Waals surface area contributed by atoms with Crippen molar-refractivity contribution in [3.8, 4) is 5.75 Å². The maximum atomic E-state index is 13.8. The molecule has 0 saturated carbocycles. The normalized spacial score (nSPS) is 17.0. The van der Waals surface area contributed by atoms with Crippen LogP contribution in [0, 0.1) is 18.7 Å². The van der Waals surface area contributed by atoms with Gasteiger partial charge in [-0.05, 0) is 51.8 Å². The highest BCUT2D eigenvalue weighted by Gasteiger charge is 2.27. The number of aryl methyl sites for hydroxylation is 1. The molecule has 1 aliphatic heterocycles. The Morgan fingerprint density at radius 3 is 2.90 bits per heavy atom. The van der Waals surface area contributed by atoms with Gasteiger partial charge in [0.25, 0.3) is 5.91 Å². The molecule has 7 heteroatoms. The van der Waals surface area contributed by atoms with E-state index in [9.17, 15) is 9.18 Å². The van der Waals surface area contributed by atoms with Crippen LogP contribution in [0.2, 0.25) is 0 Å². The Bertz CT molecular complexity index is 1060. The van der Waals surface area contributed by atoms with Gasteiger partial charge in [0.05, 0.1) is 23.8 Å². The zero-order valence-electron chi connectivity index (χ0n) is 17.6. The van der Waals surface area contributed by atoms with E-state index < -0.39 is 0 Å². The van der Waals surface area contributed by atoms with Gasteiger partial charge in [0, 0.05) is 30.7 Å². The molecular weight excluding hydrogens is 383 g/mol. The molecule has 1 fully saturated rings. The Balaban J connectivity index is 1.51. The van der Waals surface area contributed by atoms with Crippen molar-refractivity contribution in [2.24, 2.45) is 5.92 Å². The molecule has 1 aliphatic rings. The second kappa shape index (κ2) is 8.42. The van der Waals surface area contributed by atoms with Crippen LogP contribution in [0.5, 0.6) is 5.75 Å². The number of para-hydroxylation sites is 1. The molecule has 1 atom stereocenters. The van der Waals surface area contributed by atoms with Gasteiger partial charge in [-0.2, -0.15) is 5.10 Å². The fourth-order valence-corrected chi connectivity index (χ4v) is 4.02. The van der Waals surface area contributed by atoms with Crippen LogP contribution in [-0.4, -0.2) is 45.3 Å². The zero-order valence-corrected chi connectivity index (χ0v) is 17.6. The van der Waals surface area contributed by atoms with Gasteiger partial charge in [-0.3, -0.25) is 4.79 Å². The molecule has 158 valence electrons. The monoisotopic (exact) mass is 410 g/mol. The number of fused-ring (bicyclic) bond motifs is 1. The van der Waals surface area contributed by atoms with E-state index in [0.29, 0.717) is 25.3 Å². The van der Waals surface area contributed by atoms with Crippen LogP contribution >= 0.6 is 0 Å². The first kappa shape index (κ1) is 20.3. The lowest BCUT2D eigenvalue weighted by Crippen LogP contribution is -2.41. The molecule has 0 spiro atoms. The third-order valence-corrected chi connectivity index (χ3v) is 5.53. The number of rotatable bonds is 5. The molecule has 3 heterocycles. The predicted molar refractivity (Wildman–Crippen MR) is 113 cm³/mol. The number of benzene rings is 1. The number of piperidine rings is 1. The van der Waals surface area contributed by atoms with Gasteiger partial charge in [-0.15, -0.1) is 0 Å². The van der Waals surface area contributed by atoms with Crippen LogP contribution in [0.15, 0.2) is 36.5 Å². The molecular formula is C23H27FN4O2. The molecule has 3 aromatic rings. The zero-order chi connectivity index (χ0) is 21.3. The number of carbonyl (C=O) groups is 1. The van der Waals surface area contributed by atoms with E-state index in [0.717, 1.165) is 29.6 Å². The molecule has 1 unspecified atom stereocenters. The van der Waals surface area contributed by atoms with Gasteiger partial charge < -0.3 is 9.64 Å². The van der Waals surface area contributed by atoms with Crippen molar-refractivity contribution >= 4 is 16.9 Å². The van der Waals surface area contributed by atoms with Gasteiger partial charge in [-0.1, -0.05) is 12.1 Å². The quantitative estimate of drug-likeness (QED) is 0.626. The minimum absolute atomic E-state index is 0.00982. The summed E-state index contributed by atoms with van der Waals surface area (Å²) < 4.78 is 21.4. The van der Waals surface area contributed by atoms with Crippen LogP contribution in [-0.2, 0) is 0 Å². The molecule has 6 nitrogen and oxygen atoms in total. The highest BCUT2D eigenvalue weighted by atomic mass is 19.1. The first-order valence-corrected chi connectivity index (χ1v) is 10.5. The summed E-state index contributed by atoms with van der Waals surface area (Å²) in [5, 5.41) is 5.22. The van der Waals surface area contributed by atoms with Crippen molar-refractivity contribution in [2.75, 3.05) is 19.7 Å². The van der Waals surface area contributed by atoms with Crippen molar-refractivity contribution in [2.45, 2.75) is 39.7 Å². The number of carbonyl (C=O) groups excluding carboxylic acids is 1. The topological polar surface area (TPSA) is 60.3 Å². The van der Waals surface area contributed by atoms with Crippen LogP contribution in [0.4, 0.5) is 4.39 Å². The molecule has 4 rings (SSSR count). The van der Waals surface area contributed by atoms with E-state index in [1.54, 1.807) is 24.4 Å². The Morgan fingerprint density at radius 1 is 1.33 bits per heavy atom. The Kier molecular flexibility index (Phi) is 5.70. The summed E-state index contributed by atoms with van der Waals surface area (Å²) in [7, 11) is 0. The second-order valence-electron chi connectivity index (χ2n) is 8.23. The summed E-state index contributed by atoms with van der Waals surface area (Å²) in [5.41, 5.74) is 2.18. The van der Waals surface area contributed by atoms with Crippen molar-refractivity contribution in [3.63, 3.8) is 0 Å². The maximum Gasteiger partial charge on any atom is 0.254 e. The third-order valence-electron chi connectivity index (χ3n) is 5.53. The van der Waals surface area contributed by atoms with Crippen molar-refractivity contribution in [3.05, 3.63) is 53.6 Å². The summed E-state index contributed by atoms with van der Waals surface area (Å²) in [4.78, 5) is 19.9. The number of pyridine rings is 1. The van der Waals surface area contributed by atoms with Crippen molar-refractivity contribution in [1.82, 2.24) is 19.7 Å². The van der Waals surface area contributed by atoms with Gasteiger partial charge in [-0.25, -0.2) is 14.1 Å². The molecule has 0 bridgehead atoms. The number of likely N-dealkylation sites (tertiary alicyclic amines) is 1. The van der Waals surface area contributed by atoms with E-state index in [1.165, 1.54) is 6.07 Å². The van der Waals surface area contributed by atoms with Gasteiger partial charge in [0.1, 0.15) is 0 Å². The Morgan fingerprint density at radius 2 is 2.13 bits per heavy atom. The summed E-state index contributed by atoms with van der Waals surface area (Å²) in [6.45, 7) is 7.67. The number of amides is 1. The standard InChI is InChI=1S/C23H27FN4O2/c1-15(2)28-22-19(12-25-28)18(11-16(3)26-22)23(29)27-10-6-7-17(13-27)14-30-21-9-5-4-8-20(21)24/h4-5,8-9,11-12,15,17H,6-7,10,13-14H2,1-3H3. The average Bonchev–Trinajstić information content (AvgIpc) is 3.16. The van der Waals surface area contributed by atoms with Crippen LogP contribution in [0.1, 0.15) is 48.8 Å². The molecule has 0 aliphatic carbocycles. The molecule has 0 N–H and O–H groups in total. The van der Waals surface area contributed by atoms with E-state index in [1.807, 2.05) is 36.4 Å². The lowest BCUT2D eigenvalue weighted by molar-refractivity contribution is 0.0633. The highest BCUT2D eigenvalue weighted by molar-refractivity contribution is 6.05. The number of nitrogens with zero attached hydrogens (tertiary/aromatic N) is 4. The number of aromatic nitrogens is 3. The Hall–Kier alpha value is -2.96. The van der Waals surface area contributed by atoms with Crippen molar-refractivity contribution in [1.29, 1.82) is 0 Å². The lowest BCUT2D eigenvalue weighted by atomic mass is 9.98. The Labute approximate surface area is 175 Å². The summed E-state index contributed by atoms with van der Waals surface area (Å²) in [5.74, 6) is 0.0510. The molecule has 1 saturated heterocycles. The molecule has 0 radical (unpaired) electrons. The maximum absolute atomic E-state index is 13.8. The number of halogens is 1. The first-order valence-electron chi connectivity index (χ1n) is 10.5. The van der Waals surface area contributed by atoms with E-state index >= 15 is 0 Å². The predicted octanol–water partition coefficient (Wildman–Crippen LogP) is 4.39. The molecule has 1 amide bonds. The smallest absolute Gasteiger partial charge is 0.254 e. The van der Waals surface area contributed by atoms with Gasteiger partial charge >= 0.3 is 0 Å². The van der Waals surface area contributed by atoms with Crippen LogP contribution in [0.3, 0.4) is 0 Å². The number of hydrogen-bond donors (Lipinski definition) is 0. The highest BCUT2D eigenvalue weighted by Crippen LogP contribution is 2.26. The molecule has 30 heavy (non-hydrogen) atoms. The van der Waals surface area contributed by atoms with E-state index in [4.69, 9.17) is 4.74 Å².